The highest BCUT2D eigenvalue weighted by Crippen LogP contribution is 2.45. The molecule has 0 heterocycles. The van der Waals surface area contributed by atoms with Gasteiger partial charge >= 0.3 is 33.6 Å². The topological polar surface area (TPSA) is 231 Å². The monoisotopic (exact) mass is 1700 g/mol. The fourth-order valence-corrected chi connectivity index (χ4v) is 14.3. The Bertz CT molecular complexity index is 2840. The molecule has 18 heteroatoms. The van der Waals surface area contributed by atoms with E-state index in [9.17, 15) is 43.5 Å². The quantitative estimate of drug-likeness (QED) is 0.0146. The van der Waals surface area contributed by atoms with E-state index in [1.54, 1.807) is 0 Å². The molecule has 0 bridgehead atoms. The number of ether oxygens (including phenoxy) is 3. The summed E-state index contributed by atoms with van der Waals surface area (Å²) in [6.45, 7) is 2.52. The maximum Gasteiger partial charge on any atom is 0.472 e. The summed E-state index contributed by atoms with van der Waals surface area (Å²) in [5.74, 6) is -1.61. The highest BCUT2D eigenvalue weighted by molar-refractivity contribution is 7.47. The number of carbonyl (C=O) groups excluding carboxylic acids is 3. The first kappa shape index (κ1) is 114. The fourth-order valence-electron chi connectivity index (χ4n) is 12.7. The first-order chi connectivity index (χ1) is 58.2. The van der Waals surface area contributed by atoms with Gasteiger partial charge in [0, 0.05) is 19.3 Å². The van der Waals surface area contributed by atoms with Gasteiger partial charge in [-0.1, -0.05) is 384 Å². The smallest absolute Gasteiger partial charge is 0.463 e. The zero-order valence-corrected chi connectivity index (χ0v) is 77.0. The lowest BCUT2D eigenvalue weighted by Gasteiger charge is -2.21. The number of carbonyl (C=O) groups is 3. The van der Waals surface area contributed by atoms with Gasteiger partial charge in [-0.25, -0.2) is 9.13 Å². The van der Waals surface area contributed by atoms with Crippen LogP contribution in [0.5, 0.6) is 0 Å². The van der Waals surface area contributed by atoms with Crippen LogP contribution in [-0.4, -0.2) is 95.9 Å². The van der Waals surface area contributed by atoms with E-state index in [4.69, 9.17) is 32.3 Å². The molecule has 0 aliphatic carbocycles. The molecule has 682 valence electrons. The molecule has 0 spiro atoms. The molecule has 5 atom stereocenters. The lowest BCUT2D eigenvalue weighted by atomic mass is 10.0. The van der Waals surface area contributed by atoms with E-state index in [0.717, 1.165) is 154 Å². The van der Waals surface area contributed by atoms with Crippen molar-refractivity contribution < 1.29 is 75.8 Å². The van der Waals surface area contributed by atoms with Crippen molar-refractivity contribution in [1.82, 2.24) is 0 Å². The van der Waals surface area contributed by atoms with Crippen LogP contribution in [0.3, 0.4) is 0 Å². The molecular weight excluding hydrogens is 1530 g/mol. The predicted octanol–water partition coefficient (Wildman–Crippen LogP) is 29.4. The van der Waals surface area contributed by atoms with Crippen molar-refractivity contribution in [1.29, 1.82) is 0 Å². The third kappa shape index (κ3) is 93.5. The minimum atomic E-state index is -4.95. The number of phosphoric ester groups is 2. The number of phosphoric acid groups is 2. The van der Waals surface area contributed by atoms with Crippen LogP contribution in [0.1, 0.15) is 393 Å². The van der Waals surface area contributed by atoms with Gasteiger partial charge in [-0.05, 0) is 161 Å². The van der Waals surface area contributed by atoms with Crippen molar-refractivity contribution in [2.75, 3.05) is 39.6 Å². The summed E-state index contributed by atoms with van der Waals surface area (Å²) in [5, 5.41) is 20.8. The summed E-state index contributed by atoms with van der Waals surface area (Å²) in [5.41, 5.74) is 0. The summed E-state index contributed by atoms with van der Waals surface area (Å²) in [6.07, 6.45) is 120. The average molecular weight is 1700 g/mol. The molecule has 0 aromatic heterocycles. The minimum absolute atomic E-state index is 0.0682. The molecule has 0 amide bonds. The first-order valence-corrected chi connectivity index (χ1v) is 50.4. The van der Waals surface area contributed by atoms with Gasteiger partial charge in [0.05, 0.1) is 26.4 Å². The van der Waals surface area contributed by atoms with E-state index in [-0.39, 0.29) is 19.3 Å². The van der Waals surface area contributed by atoms with Crippen LogP contribution in [0, 0.1) is 0 Å². The Labute approximate surface area is 726 Å². The Morgan fingerprint density at radius 1 is 0.244 bits per heavy atom. The number of allylic oxidation sites excluding steroid dienone is 28. The van der Waals surface area contributed by atoms with E-state index in [1.807, 2.05) is 0 Å². The third-order valence-electron chi connectivity index (χ3n) is 19.9. The summed E-state index contributed by atoms with van der Waals surface area (Å²) < 4.78 is 61.5. The lowest BCUT2D eigenvalue weighted by Crippen LogP contribution is -2.30. The highest BCUT2D eigenvalue weighted by Gasteiger charge is 2.29. The van der Waals surface area contributed by atoms with Gasteiger partial charge in [-0.3, -0.25) is 32.5 Å². The average Bonchev–Trinajstić information content (AvgIpc) is 0.913. The molecule has 0 aliphatic heterocycles. The normalized spacial score (nSPS) is 14.5. The maximum atomic E-state index is 13.1. The van der Waals surface area contributed by atoms with Crippen LogP contribution in [0.25, 0.3) is 0 Å². The van der Waals surface area contributed by atoms with Gasteiger partial charge in [0.1, 0.15) is 25.4 Å². The molecule has 0 aromatic carbocycles. The predicted molar refractivity (Wildman–Crippen MR) is 500 cm³/mol. The standard InChI is InChI=1S/C101H172O16P2/c1-4-7-10-13-16-19-22-25-28-31-34-37-40-42-43-44-45-46-47-48-49-50-51-53-56-57-60-63-66-69-72-75-78-81-84-87-99(104)111-90-96(102)91-113-118(107,108)114-92-97(103)93-115-119(109,110)116-95-98(117-101(106)89-86-83-80-77-74-71-68-65-62-59-54-39-36-33-30-27-24-21-18-15-12-9-6-3)94-112-100(105)88-85-82-79-76-73-70-67-64-61-58-55-52-41-38-35-32-29-26-23-20-17-14-11-8-5-2/h9,12,16-21,25-30,34-39,42-43,52,55,59,62,68,71,96-98,102-103H,4-8,10-11,13-15,22-24,31-33,40-41,44-51,53-54,56-58,60-61,63-67,69-70,72-95H2,1-3H3,(H,107,108)(H,109,110)/b12-9-,19-16-,20-17-,21-18-,28-25-,29-26-,30-27-,37-34-,38-35-,39-36-,43-42-,55-52-,62-59-,71-68-. The third-order valence-corrected chi connectivity index (χ3v) is 21.8. The molecule has 0 fully saturated rings. The molecule has 0 radical (unpaired) electrons. The molecule has 119 heavy (non-hydrogen) atoms. The van der Waals surface area contributed by atoms with Gasteiger partial charge in [-0.15, -0.1) is 0 Å². The number of rotatable bonds is 89. The van der Waals surface area contributed by atoms with Crippen molar-refractivity contribution >= 4 is 33.6 Å². The van der Waals surface area contributed by atoms with Gasteiger partial charge in [0.25, 0.3) is 0 Å². The van der Waals surface area contributed by atoms with E-state index in [2.05, 4.69) is 191 Å². The number of esters is 3. The molecule has 0 aliphatic rings. The second kappa shape index (κ2) is 92.1. The van der Waals surface area contributed by atoms with E-state index >= 15 is 0 Å². The van der Waals surface area contributed by atoms with Crippen molar-refractivity contribution in [3.63, 3.8) is 0 Å². The second-order valence-corrected chi connectivity index (χ2v) is 34.3. The Morgan fingerprint density at radius 3 is 0.706 bits per heavy atom. The number of unbranched alkanes of at least 4 members (excludes halogenated alkanes) is 38. The van der Waals surface area contributed by atoms with E-state index in [1.165, 1.54) is 180 Å². The van der Waals surface area contributed by atoms with Gasteiger partial charge in [-0.2, -0.15) is 0 Å². The van der Waals surface area contributed by atoms with Crippen molar-refractivity contribution in [2.24, 2.45) is 0 Å². The highest BCUT2D eigenvalue weighted by atomic mass is 31.2. The molecule has 0 saturated carbocycles. The Hall–Kier alpha value is -5.09. The summed E-state index contributed by atoms with van der Waals surface area (Å²) in [4.78, 5) is 59.0. The lowest BCUT2D eigenvalue weighted by molar-refractivity contribution is -0.161. The number of aliphatic hydroxyl groups is 2. The van der Waals surface area contributed by atoms with Crippen LogP contribution in [0.4, 0.5) is 0 Å². The zero-order chi connectivity index (χ0) is 86.5. The SMILES string of the molecule is CC/C=C\C/C=C\C/C=C\C/C=C\C/C=C\C/C=C\CCCCCCC(=O)OC(COC(=O)CCCCCCCCCCC/C=C\C/C=C\C/C=C\C/C=C\CCCCC)COP(=O)(O)OCC(O)COP(=O)(O)OCC(O)COC(=O)CCCCCCCCCCCCCCCCCCCCC/C=C\C/C=C\C/C=C\C/C=C\CCCCC. The number of aliphatic hydroxyl groups excluding tert-OH is 2. The van der Waals surface area contributed by atoms with E-state index < -0.39 is 91.5 Å². The molecule has 5 unspecified atom stereocenters. The van der Waals surface area contributed by atoms with Gasteiger partial charge < -0.3 is 34.2 Å². The summed E-state index contributed by atoms with van der Waals surface area (Å²) in [7, 11) is -9.83. The van der Waals surface area contributed by atoms with Crippen molar-refractivity contribution in [2.45, 2.75) is 411 Å². The van der Waals surface area contributed by atoms with Crippen LogP contribution < -0.4 is 0 Å². The Kier molecular flexibility index (Phi) is 88.2. The summed E-state index contributed by atoms with van der Waals surface area (Å²) in [6, 6.07) is 0. The number of hydrogen-bond donors (Lipinski definition) is 4. The van der Waals surface area contributed by atoms with Crippen LogP contribution in [0.2, 0.25) is 0 Å². The largest absolute Gasteiger partial charge is 0.472 e. The maximum absolute atomic E-state index is 13.1. The van der Waals surface area contributed by atoms with Crippen LogP contribution in [0.15, 0.2) is 170 Å². The minimum Gasteiger partial charge on any atom is -0.463 e. The molecule has 0 saturated heterocycles. The Morgan fingerprint density at radius 2 is 0.445 bits per heavy atom. The molecule has 16 nitrogen and oxygen atoms in total. The van der Waals surface area contributed by atoms with Crippen molar-refractivity contribution in [3.8, 4) is 0 Å². The van der Waals surface area contributed by atoms with Gasteiger partial charge in [0.15, 0.2) is 6.10 Å². The van der Waals surface area contributed by atoms with Crippen molar-refractivity contribution in [3.05, 3.63) is 170 Å². The van der Waals surface area contributed by atoms with E-state index in [0.29, 0.717) is 19.3 Å². The first-order valence-electron chi connectivity index (χ1n) is 47.4. The summed E-state index contributed by atoms with van der Waals surface area (Å²) >= 11 is 0. The zero-order valence-electron chi connectivity index (χ0n) is 75.2. The van der Waals surface area contributed by atoms with Gasteiger partial charge in [0.2, 0.25) is 0 Å². The molecule has 0 aromatic rings. The Balaban J connectivity index is 4.57. The van der Waals surface area contributed by atoms with Crippen LogP contribution in [-0.2, 0) is 55.8 Å². The molecular formula is C101H172O16P2. The fraction of sp³-hybridized carbons (Fsp3) is 0.693. The molecule has 4 N–H and O–H groups in total. The van der Waals surface area contributed by atoms with Crippen LogP contribution >= 0.6 is 15.6 Å². The number of hydrogen-bond acceptors (Lipinski definition) is 14. The second-order valence-electron chi connectivity index (χ2n) is 31.4. The molecule has 0 rings (SSSR count).